The van der Waals surface area contributed by atoms with Gasteiger partial charge in [0.25, 0.3) is 0 Å². The lowest BCUT2D eigenvalue weighted by Crippen LogP contribution is -2.30. The molecule has 0 aliphatic carbocycles. The van der Waals surface area contributed by atoms with Gasteiger partial charge in [0.2, 0.25) is 5.13 Å². The molecule has 1 aliphatic heterocycles. The van der Waals surface area contributed by atoms with Gasteiger partial charge in [0.1, 0.15) is 5.82 Å². The fourth-order valence-electron chi connectivity index (χ4n) is 2.79. The van der Waals surface area contributed by atoms with Gasteiger partial charge < -0.3 is 10.6 Å². The molecule has 5 nitrogen and oxygen atoms in total. The first-order valence-electron chi connectivity index (χ1n) is 7.89. The predicted octanol–water partition coefficient (Wildman–Crippen LogP) is 2.40. The molecule has 1 aliphatic rings. The van der Waals surface area contributed by atoms with Gasteiger partial charge in [-0.2, -0.15) is 4.37 Å². The first kappa shape index (κ1) is 15.2. The monoisotopic (exact) mass is 317 g/mol. The summed E-state index contributed by atoms with van der Waals surface area (Å²) < 4.78 is 4.40. The van der Waals surface area contributed by atoms with Crippen molar-refractivity contribution in [3.05, 3.63) is 35.7 Å². The van der Waals surface area contributed by atoms with E-state index in [2.05, 4.69) is 38.2 Å². The van der Waals surface area contributed by atoms with Crippen molar-refractivity contribution < 1.29 is 0 Å². The number of nitrogens with zero attached hydrogens (tertiary/aromatic N) is 4. The molecule has 0 spiro atoms. The van der Waals surface area contributed by atoms with E-state index in [1.807, 2.05) is 12.1 Å². The number of nitrogens with two attached hydrogens (primary N) is 1. The number of rotatable bonds is 4. The maximum absolute atomic E-state index is 5.87. The van der Waals surface area contributed by atoms with Crippen molar-refractivity contribution in [2.24, 2.45) is 0 Å². The maximum atomic E-state index is 5.87. The zero-order chi connectivity index (χ0) is 15.4. The number of hydrogen-bond acceptors (Lipinski definition) is 6. The van der Waals surface area contributed by atoms with Crippen molar-refractivity contribution in [3.63, 3.8) is 0 Å². The number of benzene rings is 1. The van der Waals surface area contributed by atoms with E-state index in [9.17, 15) is 0 Å². The second-order valence-electron chi connectivity index (χ2n) is 5.71. The maximum Gasteiger partial charge on any atom is 0.205 e. The molecule has 1 aromatic carbocycles. The van der Waals surface area contributed by atoms with Crippen LogP contribution in [0.2, 0.25) is 0 Å². The van der Waals surface area contributed by atoms with Crippen LogP contribution in [0.5, 0.6) is 0 Å². The summed E-state index contributed by atoms with van der Waals surface area (Å²) in [4.78, 5) is 9.48. The fourth-order valence-corrected chi connectivity index (χ4v) is 3.59. The van der Waals surface area contributed by atoms with Gasteiger partial charge in [-0.25, -0.2) is 4.98 Å². The molecule has 1 saturated heterocycles. The van der Waals surface area contributed by atoms with Crippen LogP contribution in [-0.2, 0) is 13.0 Å². The molecule has 0 amide bonds. The van der Waals surface area contributed by atoms with Gasteiger partial charge in [0, 0.05) is 56.4 Å². The summed E-state index contributed by atoms with van der Waals surface area (Å²) in [6.45, 7) is 7.31. The van der Waals surface area contributed by atoms with E-state index in [1.165, 1.54) is 17.1 Å². The van der Waals surface area contributed by atoms with Gasteiger partial charge in [-0.3, -0.25) is 4.90 Å². The highest BCUT2D eigenvalue weighted by Crippen LogP contribution is 2.20. The van der Waals surface area contributed by atoms with Crippen LogP contribution in [0.4, 0.5) is 10.8 Å². The number of nitrogen functional groups attached to an aromatic ring is 1. The Morgan fingerprint density at radius 2 is 2.14 bits per heavy atom. The van der Waals surface area contributed by atoms with Gasteiger partial charge >= 0.3 is 0 Å². The smallest absolute Gasteiger partial charge is 0.205 e. The first-order valence-corrected chi connectivity index (χ1v) is 8.66. The van der Waals surface area contributed by atoms with Crippen LogP contribution in [0, 0.1) is 0 Å². The summed E-state index contributed by atoms with van der Waals surface area (Å²) in [6, 6.07) is 8.19. The average Bonchev–Trinajstić information content (AvgIpc) is 2.88. The molecule has 0 bridgehead atoms. The van der Waals surface area contributed by atoms with E-state index in [4.69, 9.17) is 5.73 Å². The first-order chi connectivity index (χ1) is 10.7. The Bertz CT molecular complexity index is 612. The number of anilines is 2. The van der Waals surface area contributed by atoms with Crippen LogP contribution in [0.3, 0.4) is 0 Å². The minimum Gasteiger partial charge on any atom is -0.399 e. The van der Waals surface area contributed by atoms with Crippen molar-refractivity contribution in [3.8, 4) is 0 Å². The van der Waals surface area contributed by atoms with E-state index < -0.39 is 0 Å². The van der Waals surface area contributed by atoms with E-state index in [-0.39, 0.29) is 0 Å². The van der Waals surface area contributed by atoms with Gasteiger partial charge in [0.15, 0.2) is 0 Å². The summed E-state index contributed by atoms with van der Waals surface area (Å²) >= 11 is 1.53. The van der Waals surface area contributed by atoms with Gasteiger partial charge in [0.05, 0.1) is 0 Å². The van der Waals surface area contributed by atoms with Crippen molar-refractivity contribution >= 4 is 22.4 Å². The quantitative estimate of drug-likeness (QED) is 0.878. The predicted molar refractivity (Wildman–Crippen MR) is 92.2 cm³/mol. The largest absolute Gasteiger partial charge is 0.399 e. The third kappa shape index (κ3) is 3.75. The van der Waals surface area contributed by atoms with E-state index in [1.54, 1.807) is 0 Å². The molecular weight excluding hydrogens is 294 g/mol. The minimum absolute atomic E-state index is 0.843. The molecule has 2 aromatic rings. The topological polar surface area (TPSA) is 58.3 Å². The molecule has 2 heterocycles. The van der Waals surface area contributed by atoms with Gasteiger partial charge in [-0.15, -0.1) is 0 Å². The van der Waals surface area contributed by atoms with Crippen molar-refractivity contribution in [2.75, 3.05) is 36.8 Å². The molecule has 0 atom stereocenters. The molecule has 118 valence electrons. The van der Waals surface area contributed by atoms with Crippen LogP contribution >= 0.6 is 11.5 Å². The SMILES string of the molecule is CCc1nsc(N2CCCN(Cc3cccc(N)c3)CC2)n1. The Labute approximate surface area is 135 Å². The highest BCUT2D eigenvalue weighted by molar-refractivity contribution is 7.09. The molecular formula is C16H23N5S. The summed E-state index contributed by atoms with van der Waals surface area (Å²) in [5.41, 5.74) is 8.00. The molecule has 6 heteroatoms. The number of hydrogen-bond donors (Lipinski definition) is 1. The molecule has 22 heavy (non-hydrogen) atoms. The lowest BCUT2D eigenvalue weighted by atomic mass is 10.2. The summed E-state index contributed by atoms with van der Waals surface area (Å²) in [7, 11) is 0. The third-order valence-electron chi connectivity index (χ3n) is 3.99. The Morgan fingerprint density at radius 3 is 2.91 bits per heavy atom. The van der Waals surface area contributed by atoms with E-state index >= 15 is 0 Å². The van der Waals surface area contributed by atoms with Gasteiger partial charge in [-0.1, -0.05) is 19.1 Å². The average molecular weight is 317 g/mol. The highest BCUT2D eigenvalue weighted by atomic mass is 32.1. The van der Waals surface area contributed by atoms with Crippen LogP contribution < -0.4 is 10.6 Å². The zero-order valence-electron chi connectivity index (χ0n) is 13.0. The minimum atomic E-state index is 0.843. The van der Waals surface area contributed by atoms with Crippen molar-refractivity contribution in [1.29, 1.82) is 0 Å². The molecule has 1 aromatic heterocycles. The summed E-state index contributed by atoms with van der Waals surface area (Å²) in [5.74, 6) is 0.959. The fraction of sp³-hybridized carbons (Fsp3) is 0.500. The molecule has 0 saturated carbocycles. The van der Waals surface area contributed by atoms with Crippen LogP contribution in [0.15, 0.2) is 24.3 Å². The Kier molecular flexibility index (Phi) is 4.90. The Balaban J connectivity index is 1.60. The van der Waals surface area contributed by atoms with Crippen molar-refractivity contribution in [1.82, 2.24) is 14.3 Å². The molecule has 2 N–H and O–H groups in total. The molecule has 3 rings (SSSR count). The second kappa shape index (κ2) is 7.07. The highest BCUT2D eigenvalue weighted by Gasteiger charge is 2.18. The van der Waals surface area contributed by atoms with Gasteiger partial charge in [-0.05, 0) is 24.1 Å². The molecule has 0 unspecified atom stereocenters. The zero-order valence-corrected chi connectivity index (χ0v) is 13.9. The number of aromatic nitrogens is 2. The van der Waals surface area contributed by atoms with Crippen molar-refractivity contribution in [2.45, 2.75) is 26.3 Å². The lowest BCUT2D eigenvalue weighted by Gasteiger charge is -2.21. The summed E-state index contributed by atoms with van der Waals surface area (Å²) in [6.07, 6.45) is 2.06. The second-order valence-corrected chi connectivity index (χ2v) is 6.44. The van der Waals surface area contributed by atoms with Crippen LogP contribution in [0.1, 0.15) is 24.7 Å². The molecule has 0 radical (unpaired) electrons. The normalized spacial score (nSPS) is 16.7. The molecule has 1 fully saturated rings. The lowest BCUT2D eigenvalue weighted by molar-refractivity contribution is 0.285. The summed E-state index contributed by atoms with van der Waals surface area (Å²) in [5, 5.41) is 1.07. The Morgan fingerprint density at radius 1 is 1.23 bits per heavy atom. The third-order valence-corrected chi connectivity index (χ3v) is 4.80. The standard InChI is InChI=1S/C16H23N5S/c1-2-15-18-16(22-19-15)21-8-4-7-20(9-10-21)12-13-5-3-6-14(17)11-13/h3,5-6,11H,2,4,7-10,12,17H2,1H3. The Hall–Kier alpha value is -1.66. The van der Waals surface area contributed by atoms with E-state index in [0.29, 0.717) is 0 Å². The van der Waals surface area contributed by atoms with E-state index in [0.717, 1.165) is 62.2 Å². The van der Waals surface area contributed by atoms with Crippen LogP contribution in [0.25, 0.3) is 0 Å². The van der Waals surface area contributed by atoms with Crippen LogP contribution in [-0.4, -0.2) is 40.4 Å². The number of aryl methyl sites for hydroxylation is 1.